The number of aliphatic hydroxyl groups is 1. The molecule has 1 aliphatic rings. The summed E-state index contributed by atoms with van der Waals surface area (Å²) in [4.78, 5) is 4.69. The maximum Gasteiger partial charge on any atom is 0.191 e. The van der Waals surface area contributed by atoms with Crippen LogP contribution in [0.5, 0.6) is 11.5 Å². The van der Waals surface area contributed by atoms with E-state index >= 15 is 0 Å². The van der Waals surface area contributed by atoms with Gasteiger partial charge in [-0.25, -0.2) is 4.99 Å². The van der Waals surface area contributed by atoms with E-state index in [4.69, 9.17) is 21.1 Å². The van der Waals surface area contributed by atoms with Crippen LogP contribution in [0.3, 0.4) is 0 Å². The number of rotatable bonds is 9. The first-order chi connectivity index (χ1) is 13.5. The summed E-state index contributed by atoms with van der Waals surface area (Å²) in [5, 5.41) is 16.5. The van der Waals surface area contributed by atoms with E-state index in [1.54, 1.807) is 0 Å². The maximum absolute atomic E-state index is 9.30. The Hall–Kier alpha value is -1.66. The first kappa shape index (κ1) is 22.6. The number of benzene rings is 1. The van der Waals surface area contributed by atoms with Crippen LogP contribution in [0.15, 0.2) is 17.1 Å². The first-order valence-corrected chi connectivity index (χ1v) is 10.6. The van der Waals surface area contributed by atoms with Crippen molar-refractivity contribution in [1.29, 1.82) is 0 Å². The van der Waals surface area contributed by atoms with Gasteiger partial charge in [0.2, 0.25) is 0 Å². The number of nitrogens with one attached hydrogen (secondary N) is 2. The topological polar surface area (TPSA) is 75.1 Å². The van der Waals surface area contributed by atoms with Gasteiger partial charge in [-0.3, -0.25) is 0 Å². The minimum Gasteiger partial charge on any atom is -0.489 e. The van der Waals surface area contributed by atoms with Crippen LogP contribution in [0.25, 0.3) is 0 Å². The molecular formula is C21H34ClN3O3. The molecule has 1 atom stereocenters. The molecule has 1 aliphatic heterocycles. The Morgan fingerprint density at radius 2 is 2.04 bits per heavy atom. The highest BCUT2D eigenvalue weighted by molar-refractivity contribution is 6.32. The fraction of sp³-hybridized carbons (Fsp3) is 0.667. The number of hydrogen-bond donors (Lipinski definition) is 3. The summed E-state index contributed by atoms with van der Waals surface area (Å²) < 4.78 is 11.4. The van der Waals surface area contributed by atoms with Crippen LogP contribution >= 0.6 is 11.6 Å². The van der Waals surface area contributed by atoms with Crippen molar-refractivity contribution in [1.82, 2.24) is 10.6 Å². The third kappa shape index (κ3) is 7.40. The van der Waals surface area contributed by atoms with Crippen LogP contribution in [0.2, 0.25) is 5.02 Å². The zero-order valence-electron chi connectivity index (χ0n) is 17.3. The van der Waals surface area contributed by atoms with Crippen molar-refractivity contribution in [3.8, 4) is 11.5 Å². The molecule has 7 heteroatoms. The Morgan fingerprint density at radius 1 is 1.25 bits per heavy atom. The van der Waals surface area contributed by atoms with Gasteiger partial charge in [-0.15, -0.1) is 0 Å². The number of aliphatic hydroxyl groups excluding tert-OH is 1. The predicted molar refractivity (Wildman–Crippen MR) is 115 cm³/mol. The van der Waals surface area contributed by atoms with E-state index in [0.717, 1.165) is 43.9 Å². The molecular weight excluding hydrogens is 378 g/mol. The van der Waals surface area contributed by atoms with Gasteiger partial charge in [-0.1, -0.05) is 25.4 Å². The summed E-state index contributed by atoms with van der Waals surface area (Å²) in [6, 6.07) is 3.84. The molecule has 1 heterocycles. The molecule has 1 aromatic carbocycles. The second kappa shape index (κ2) is 12.0. The quantitative estimate of drug-likeness (QED) is 0.427. The summed E-state index contributed by atoms with van der Waals surface area (Å²) >= 11 is 6.37. The Kier molecular flexibility index (Phi) is 9.71. The minimum atomic E-state index is 0.211. The molecule has 0 bridgehead atoms. The van der Waals surface area contributed by atoms with Crippen LogP contribution in [-0.4, -0.2) is 44.0 Å². The Labute approximate surface area is 173 Å². The van der Waals surface area contributed by atoms with Gasteiger partial charge in [0.25, 0.3) is 0 Å². The second-order valence-corrected chi connectivity index (χ2v) is 7.95. The monoisotopic (exact) mass is 411 g/mol. The molecule has 1 aromatic rings. The normalized spacial score (nSPS) is 15.3. The molecule has 158 valence electrons. The zero-order chi connectivity index (χ0) is 20.4. The van der Waals surface area contributed by atoms with Gasteiger partial charge in [-0.05, 0) is 49.3 Å². The number of ether oxygens (including phenoxy) is 2. The number of nitrogens with zero attached hydrogens (tertiary/aromatic N) is 1. The highest BCUT2D eigenvalue weighted by atomic mass is 35.5. The van der Waals surface area contributed by atoms with Gasteiger partial charge < -0.3 is 25.2 Å². The lowest BCUT2D eigenvalue weighted by atomic mass is 9.94. The number of fused-ring (bicyclic) bond motifs is 1. The molecule has 1 unspecified atom stereocenters. The van der Waals surface area contributed by atoms with E-state index in [0.29, 0.717) is 48.1 Å². The molecule has 0 fully saturated rings. The minimum absolute atomic E-state index is 0.211. The molecule has 0 saturated carbocycles. The maximum atomic E-state index is 9.30. The Bertz CT molecular complexity index is 638. The van der Waals surface area contributed by atoms with Crippen molar-refractivity contribution in [2.45, 2.75) is 46.6 Å². The molecule has 28 heavy (non-hydrogen) atoms. The van der Waals surface area contributed by atoms with Crippen molar-refractivity contribution < 1.29 is 14.6 Å². The van der Waals surface area contributed by atoms with E-state index < -0.39 is 0 Å². The summed E-state index contributed by atoms with van der Waals surface area (Å²) in [6.45, 7) is 9.96. The fourth-order valence-corrected chi connectivity index (χ4v) is 3.57. The number of aliphatic imine (C=N–C) groups is 1. The van der Waals surface area contributed by atoms with Crippen molar-refractivity contribution >= 4 is 17.6 Å². The van der Waals surface area contributed by atoms with E-state index in [-0.39, 0.29) is 6.61 Å². The third-order valence-electron chi connectivity index (χ3n) is 4.53. The van der Waals surface area contributed by atoms with Crippen molar-refractivity contribution in [3.05, 3.63) is 22.7 Å². The van der Waals surface area contributed by atoms with E-state index in [1.807, 2.05) is 19.1 Å². The summed E-state index contributed by atoms with van der Waals surface area (Å²) in [5.74, 6) is 3.09. The lowest BCUT2D eigenvalue weighted by molar-refractivity contribution is 0.243. The fourth-order valence-electron chi connectivity index (χ4n) is 3.28. The Balaban J connectivity index is 2.03. The molecule has 0 saturated heterocycles. The first-order valence-electron chi connectivity index (χ1n) is 10.2. The number of hydrogen-bond acceptors (Lipinski definition) is 4. The average Bonchev–Trinajstić information content (AvgIpc) is 2.89. The van der Waals surface area contributed by atoms with Crippen LogP contribution in [-0.2, 0) is 6.54 Å². The summed E-state index contributed by atoms with van der Waals surface area (Å²) in [6.07, 6.45) is 2.71. The van der Waals surface area contributed by atoms with Gasteiger partial charge in [0, 0.05) is 26.1 Å². The van der Waals surface area contributed by atoms with Gasteiger partial charge >= 0.3 is 0 Å². The van der Waals surface area contributed by atoms with Gasteiger partial charge in [0.05, 0.1) is 24.8 Å². The predicted octanol–water partition coefficient (Wildman–Crippen LogP) is 3.60. The standard InChI is InChI=1S/C21H34ClN3O3/c1-4-23-21(24-13-16(6-7-26)10-15(2)3)25-14-17-11-18(22)20-19(12-17)27-8-5-9-28-20/h11-12,15-16,26H,4-10,13-14H2,1-3H3,(H2,23,24,25). The second-order valence-electron chi connectivity index (χ2n) is 7.54. The highest BCUT2D eigenvalue weighted by Crippen LogP contribution is 2.38. The summed E-state index contributed by atoms with van der Waals surface area (Å²) in [5.41, 5.74) is 0.973. The van der Waals surface area contributed by atoms with Gasteiger partial charge in [0.15, 0.2) is 17.5 Å². The molecule has 0 aromatic heterocycles. The Morgan fingerprint density at radius 3 is 2.75 bits per heavy atom. The molecule has 0 aliphatic carbocycles. The van der Waals surface area contributed by atoms with Crippen molar-refractivity contribution in [2.24, 2.45) is 16.8 Å². The average molecular weight is 412 g/mol. The largest absolute Gasteiger partial charge is 0.489 e. The number of guanidine groups is 1. The lowest BCUT2D eigenvalue weighted by Crippen LogP contribution is -2.40. The van der Waals surface area contributed by atoms with Crippen LogP contribution in [0.4, 0.5) is 0 Å². The van der Waals surface area contributed by atoms with Crippen LogP contribution in [0, 0.1) is 11.8 Å². The van der Waals surface area contributed by atoms with Crippen molar-refractivity contribution in [3.63, 3.8) is 0 Å². The zero-order valence-corrected chi connectivity index (χ0v) is 18.0. The molecule has 0 spiro atoms. The number of halogens is 1. The van der Waals surface area contributed by atoms with E-state index in [2.05, 4.69) is 29.5 Å². The van der Waals surface area contributed by atoms with Gasteiger partial charge in [-0.2, -0.15) is 0 Å². The van der Waals surface area contributed by atoms with Crippen LogP contribution < -0.4 is 20.1 Å². The third-order valence-corrected chi connectivity index (χ3v) is 4.81. The smallest absolute Gasteiger partial charge is 0.191 e. The molecule has 0 amide bonds. The van der Waals surface area contributed by atoms with Gasteiger partial charge in [0.1, 0.15) is 0 Å². The van der Waals surface area contributed by atoms with E-state index in [1.165, 1.54) is 0 Å². The lowest BCUT2D eigenvalue weighted by Gasteiger charge is -2.20. The SMILES string of the molecule is CCNC(=NCc1cc(Cl)c2c(c1)OCCCO2)NCC(CCO)CC(C)C. The molecule has 0 radical (unpaired) electrons. The molecule has 3 N–H and O–H groups in total. The van der Waals surface area contributed by atoms with Crippen molar-refractivity contribution in [2.75, 3.05) is 32.9 Å². The summed E-state index contributed by atoms with van der Waals surface area (Å²) in [7, 11) is 0. The highest BCUT2D eigenvalue weighted by Gasteiger charge is 2.16. The molecule has 6 nitrogen and oxygen atoms in total. The van der Waals surface area contributed by atoms with E-state index in [9.17, 15) is 5.11 Å². The molecule has 2 rings (SSSR count). The van der Waals surface area contributed by atoms with Crippen LogP contribution in [0.1, 0.15) is 45.6 Å².